The van der Waals surface area contributed by atoms with Gasteiger partial charge in [0.2, 0.25) is 0 Å². The lowest BCUT2D eigenvalue weighted by Gasteiger charge is -2.06. The van der Waals surface area contributed by atoms with Gasteiger partial charge in [0, 0.05) is 19.3 Å². The highest BCUT2D eigenvalue weighted by Crippen LogP contribution is 2.15. The van der Waals surface area contributed by atoms with Gasteiger partial charge in [0.05, 0.1) is 7.11 Å². The third-order valence-electron chi connectivity index (χ3n) is 8.65. The second-order valence-corrected chi connectivity index (χ2v) is 12.9. The number of unbranched alkanes of at least 4 members (excludes halogenated alkanes) is 30. The van der Waals surface area contributed by atoms with E-state index in [0.29, 0.717) is 0 Å². The summed E-state index contributed by atoms with van der Waals surface area (Å²) in [6.07, 6.45) is 47.1. The first-order valence-corrected chi connectivity index (χ1v) is 19.5. The highest BCUT2D eigenvalue weighted by atomic mass is 16.5. The molecular weight excluding hydrogens is 528 g/mol. The van der Waals surface area contributed by atoms with E-state index in [1.165, 1.54) is 213 Å². The summed E-state index contributed by atoms with van der Waals surface area (Å²) < 4.78 is 10.0. The molecule has 0 aliphatic rings. The lowest BCUT2D eigenvalue weighted by Crippen LogP contribution is -1.97. The summed E-state index contributed by atoms with van der Waals surface area (Å²) >= 11 is 0. The molecule has 0 aromatic carbocycles. The predicted octanol–water partition coefficient (Wildman–Crippen LogP) is 13.9. The third-order valence-corrected chi connectivity index (χ3v) is 8.65. The second-order valence-electron chi connectivity index (χ2n) is 12.9. The van der Waals surface area contributed by atoms with Crippen LogP contribution in [0.1, 0.15) is 219 Å². The molecular formula is C40H80O3. The van der Waals surface area contributed by atoms with Crippen molar-refractivity contribution in [1.82, 2.24) is 0 Å². The van der Waals surface area contributed by atoms with Gasteiger partial charge in [0.15, 0.2) is 0 Å². The van der Waals surface area contributed by atoms with E-state index < -0.39 is 5.97 Å². The van der Waals surface area contributed by atoms with E-state index in [2.05, 4.69) is 25.2 Å². The van der Waals surface area contributed by atoms with E-state index in [1.54, 1.807) is 0 Å². The Hall–Kier alpha value is -0.830. The van der Waals surface area contributed by atoms with Gasteiger partial charge in [-0.3, -0.25) is 0 Å². The maximum absolute atomic E-state index is 9.84. The van der Waals surface area contributed by atoms with Crippen LogP contribution in [0.15, 0.2) is 12.7 Å². The van der Waals surface area contributed by atoms with Crippen molar-refractivity contribution >= 4 is 5.97 Å². The minimum Gasteiger partial charge on any atom is -0.466 e. The highest BCUT2D eigenvalue weighted by Gasteiger charge is 1.97. The van der Waals surface area contributed by atoms with E-state index in [0.717, 1.165) is 19.3 Å². The molecule has 0 aromatic rings. The SMILES string of the molecule is C=CC(=O)OC.CCCCCCCCCCCCCCCCCCOCCCCCCCCCCCCCCCCCC. The molecule has 0 spiro atoms. The normalized spacial score (nSPS) is 10.9. The van der Waals surface area contributed by atoms with Gasteiger partial charge in [-0.2, -0.15) is 0 Å². The zero-order valence-corrected chi connectivity index (χ0v) is 30.1. The summed E-state index contributed by atoms with van der Waals surface area (Å²) in [5.41, 5.74) is 0. The van der Waals surface area contributed by atoms with Crippen LogP contribution in [-0.2, 0) is 14.3 Å². The largest absolute Gasteiger partial charge is 0.466 e. The second kappa shape index (κ2) is 43.3. The van der Waals surface area contributed by atoms with E-state index >= 15 is 0 Å². The fourth-order valence-corrected chi connectivity index (χ4v) is 5.69. The van der Waals surface area contributed by atoms with Crippen LogP contribution in [0, 0.1) is 0 Å². The molecule has 0 amide bonds. The molecule has 0 aliphatic heterocycles. The van der Waals surface area contributed by atoms with Crippen molar-refractivity contribution in [3.05, 3.63) is 12.7 Å². The fourth-order valence-electron chi connectivity index (χ4n) is 5.69. The Morgan fingerprint density at radius 1 is 0.419 bits per heavy atom. The summed E-state index contributed by atoms with van der Waals surface area (Å²) in [5, 5.41) is 0. The molecule has 0 radical (unpaired) electrons. The van der Waals surface area contributed by atoms with Crippen LogP contribution in [0.3, 0.4) is 0 Å². The van der Waals surface area contributed by atoms with E-state index in [-0.39, 0.29) is 0 Å². The summed E-state index contributed by atoms with van der Waals surface area (Å²) in [7, 11) is 1.31. The Morgan fingerprint density at radius 2 is 0.628 bits per heavy atom. The first-order chi connectivity index (χ1) is 21.2. The quantitative estimate of drug-likeness (QED) is 0.0408. The molecule has 0 rings (SSSR count). The third kappa shape index (κ3) is 45.7. The number of methoxy groups -OCH3 is 1. The molecule has 0 unspecified atom stereocenters. The van der Waals surface area contributed by atoms with Crippen LogP contribution in [0.4, 0.5) is 0 Å². The molecule has 0 N–H and O–H groups in total. The molecule has 0 atom stereocenters. The number of carbonyl (C=O) groups excluding carboxylic acids is 1. The van der Waals surface area contributed by atoms with Gasteiger partial charge < -0.3 is 9.47 Å². The van der Waals surface area contributed by atoms with Crippen molar-refractivity contribution < 1.29 is 14.3 Å². The van der Waals surface area contributed by atoms with Crippen LogP contribution in [0.5, 0.6) is 0 Å². The monoisotopic (exact) mass is 609 g/mol. The van der Waals surface area contributed by atoms with Gasteiger partial charge in [-0.15, -0.1) is 0 Å². The number of carbonyl (C=O) groups is 1. The molecule has 3 heteroatoms. The molecule has 3 nitrogen and oxygen atoms in total. The van der Waals surface area contributed by atoms with Crippen LogP contribution in [-0.4, -0.2) is 26.3 Å². The number of ether oxygens (including phenoxy) is 2. The van der Waals surface area contributed by atoms with Crippen LogP contribution < -0.4 is 0 Å². The first-order valence-electron chi connectivity index (χ1n) is 19.5. The molecule has 0 bridgehead atoms. The van der Waals surface area contributed by atoms with E-state index in [4.69, 9.17) is 4.74 Å². The van der Waals surface area contributed by atoms with E-state index in [9.17, 15) is 4.79 Å². The molecule has 0 aliphatic carbocycles. The smallest absolute Gasteiger partial charge is 0.329 e. The molecule has 0 fully saturated rings. The van der Waals surface area contributed by atoms with Gasteiger partial charge in [0.1, 0.15) is 0 Å². The predicted molar refractivity (Wildman–Crippen MR) is 192 cm³/mol. The molecule has 0 saturated carbocycles. The molecule has 0 aromatic heterocycles. The fraction of sp³-hybridized carbons (Fsp3) is 0.925. The lowest BCUT2D eigenvalue weighted by atomic mass is 10.0. The highest BCUT2D eigenvalue weighted by molar-refractivity contribution is 5.80. The summed E-state index contributed by atoms with van der Waals surface area (Å²) in [5.74, 6) is -0.394. The Morgan fingerprint density at radius 3 is 0.791 bits per heavy atom. The zero-order chi connectivity index (χ0) is 31.7. The minimum absolute atomic E-state index is 0.394. The molecule has 0 saturated heterocycles. The number of rotatable bonds is 35. The van der Waals surface area contributed by atoms with Gasteiger partial charge >= 0.3 is 5.97 Å². The minimum atomic E-state index is -0.394. The molecule has 0 heterocycles. The standard InChI is InChI=1S/C36H74O.C4H6O2/c1-3-5-7-9-11-13-15-17-19-21-23-25-27-29-31-33-35-37-36-34-32-30-28-26-24-22-20-18-16-14-12-10-8-6-4-2;1-3-4(5)6-2/h3-36H2,1-2H3;3H,1H2,2H3. The lowest BCUT2D eigenvalue weighted by molar-refractivity contribution is -0.134. The number of esters is 1. The Kier molecular flexibility index (Phi) is 44.6. The van der Waals surface area contributed by atoms with Crippen molar-refractivity contribution in [2.45, 2.75) is 219 Å². The van der Waals surface area contributed by atoms with Gasteiger partial charge in [0.25, 0.3) is 0 Å². The zero-order valence-electron chi connectivity index (χ0n) is 30.1. The topological polar surface area (TPSA) is 35.5 Å². The average Bonchev–Trinajstić information content (AvgIpc) is 3.03. The van der Waals surface area contributed by atoms with E-state index in [1.807, 2.05) is 0 Å². The summed E-state index contributed by atoms with van der Waals surface area (Å²) in [6.45, 7) is 9.76. The van der Waals surface area contributed by atoms with Crippen LogP contribution in [0.2, 0.25) is 0 Å². The maximum atomic E-state index is 9.84. The summed E-state index contributed by atoms with van der Waals surface area (Å²) in [6, 6.07) is 0. The first kappa shape index (κ1) is 44.3. The summed E-state index contributed by atoms with van der Waals surface area (Å²) in [4.78, 5) is 9.84. The number of hydrogen-bond donors (Lipinski definition) is 0. The van der Waals surface area contributed by atoms with Crippen LogP contribution >= 0.6 is 0 Å². The van der Waals surface area contributed by atoms with Gasteiger partial charge in [-0.1, -0.05) is 213 Å². The van der Waals surface area contributed by atoms with Crippen LogP contribution in [0.25, 0.3) is 0 Å². The molecule has 43 heavy (non-hydrogen) atoms. The van der Waals surface area contributed by atoms with Crippen molar-refractivity contribution in [3.8, 4) is 0 Å². The maximum Gasteiger partial charge on any atom is 0.329 e. The van der Waals surface area contributed by atoms with Crippen molar-refractivity contribution in [3.63, 3.8) is 0 Å². The Balaban J connectivity index is 0. The molecule has 258 valence electrons. The Bertz CT molecular complexity index is 470. The van der Waals surface area contributed by atoms with Crippen molar-refractivity contribution in [1.29, 1.82) is 0 Å². The van der Waals surface area contributed by atoms with Crippen molar-refractivity contribution in [2.24, 2.45) is 0 Å². The average molecular weight is 609 g/mol. The Labute approximate surface area is 272 Å². The van der Waals surface area contributed by atoms with Gasteiger partial charge in [-0.25, -0.2) is 4.79 Å². The number of hydrogen-bond acceptors (Lipinski definition) is 3. The van der Waals surface area contributed by atoms with Crippen molar-refractivity contribution in [2.75, 3.05) is 20.3 Å². The van der Waals surface area contributed by atoms with Gasteiger partial charge in [-0.05, 0) is 12.8 Å².